The van der Waals surface area contributed by atoms with Crippen molar-refractivity contribution in [2.45, 2.75) is 16.3 Å². The first kappa shape index (κ1) is 21.3. The summed E-state index contributed by atoms with van der Waals surface area (Å²) in [4.78, 5) is 4.35. The molecule has 0 unspecified atom stereocenters. The molecule has 0 saturated carbocycles. The van der Waals surface area contributed by atoms with Gasteiger partial charge >= 0.3 is 0 Å². The van der Waals surface area contributed by atoms with E-state index in [-0.39, 0.29) is 21.7 Å². The van der Waals surface area contributed by atoms with Crippen LogP contribution in [-0.4, -0.2) is 19.9 Å². The van der Waals surface area contributed by atoms with Gasteiger partial charge in [0.05, 0.1) is 4.90 Å². The molecule has 5 nitrogen and oxygen atoms in total. The lowest BCUT2D eigenvalue weighted by atomic mass is 10.1. The van der Waals surface area contributed by atoms with Gasteiger partial charge < -0.3 is 9.73 Å². The summed E-state index contributed by atoms with van der Waals surface area (Å²) < 4.78 is 46.4. The minimum absolute atomic E-state index is 0.0539. The number of nitrogens with zero attached hydrogens (tertiary/aromatic N) is 1. The Morgan fingerprint density at radius 1 is 0.935 bits per heavy atom. The monoisotopic (exact) mass is 500 g/mol. The SMILES string of the molecule is O=S(=O)(c1ccc(Br)cc1)c1nc(-c2ccc(F)cc2)oc1NCCc1ccccc1. The van der Waals surface area contributed by atoms with Crippen LogP contribution in [-0.2, 0) is 16.3 Å². The van der Waals surface area contributed by atoms with E-state index >= 15 is 0 Å². The molecule has 1 heterocycles. The van der Waals surface area contributed by atoms with E-state index in [1.165, 1.54) is 36.4 Å². The Morgan fingerprint density at radius 3 is 2.29 bits per heavy atom. The number of nitrogens with one attached hydrogen (secondary N) is 1. The first-order chi connectivity index (χ1) is 14.9. The molecular weight excluding hydrogens is 483 g/mol. The Bertz CT molecular complexity index is 1270. The molecule has 0 atom stereocenters. The zero-order valence-corrected chi connectivity index (χ0v) is 18.7. The van der Waals surface area contributed by atoms with E-state index in [2.05, 4.69) is 26.2 Å². The molecule has 0 radical (unpaired) electrons. The molecule has 0 aliphatic rings. The highest BCUT2D eigenvalue weighted by Crippen LogP contribution is 2.32. The second-order valence-corrected chi connectivity index (χ2v) is 9.56. The van der Waals surface area contributed by atoms with Gasteiger partial charge in [-0.3, -0.25) is 0 Å². The molecule has 0 aliphatic carbocycles. The first-order valence-electron chi connectivity index (χ1n) is 9.49. The molecule has 0 saturated heterocycles. The third kappa shape index (κ3) is 4.86. The van der Waals surface area contributed by atoms with Gasteiger partial charge in [0.15, 0.2) is 0 Å². The van der Waals surface area contributed by atoms with Gasteiger partial charge in [0.2, 0.25) is 26.6 Å². The van der Waals surface area contributed by atoms with Crippen LogP contribution in [0.2, 0.25) is 0 Å². The molecule has 4 aromatic rings. The van der Waals surface area contributed by atoms with Gasteiger partial charge in [0, 0.05) is 16.6 Å². The molecule has 0 spiro atoms. The van der Waals surface area contributed by atoms with Crippen LogP contribution in [0.4, 0.5) is 10.3 Å². The van der Waals surface area contributed by atoms with Gasteiger partial charge in [-0.2, -0.15) is 4.98 Å². The van der Waals surface area contributed by atoms with Crippen molar-refractivity contribution >= 4 is 31.7 Å². The zero-order chi connectivity index (χ0) is 21.8. The van der Waals surface area contributed by atoms with Crippen molar-refractivity contribution in [2.24, 2.45) is 0 Å². The molecule has 8 heteroatoms. The molecular formula is C23H18BrFN2O3S. The van der Waals surface area contributed by atoms with Crippen molar-refractivity contribution in [1.29, 1.82) is 0 Å². The van der Waals surface area contributed by atoms with Crippen LogP contribution >= 0.6 is 15.9 Å². The number of oxazole rings is 1. The minimum atomic E-state index is -3.94. The fourth-order valence-electron chi connectivity index (χ4n) is 3.01. The highest BCUT2D eigenvalue weighted by atomic mass is 79.9. The highest BCUT2D eigenvalue weighted by molar-refractivity contribution is 9.10. The number of benzene rings is 3. The molecule has 1 N–H and O–H groups in total. The van der Waals surface area contributed by atoms with Crippen molar-refractivity contribution in [2.75, 3.05) is 11.9 Å². The lowest BCUT2D eigenvalue weighted by Gasteiger charge is -2.06. The first-order valence-corrected chi connectivity index (χ1v) is 11.8. The maximum Gasteiger partial charge on any atom is 0.233 e. The van der Waals surface area contributed by atoms with E-state index in [1.54, 1.807) is 12.1 Å². The Labute approximate surface area is 188 Å². The van der Waals surface area contributed by atoms with Gasteiger partial charge in [-0.15, -0.1) is 0 Å². The van der Waals surface area contributed by atoms with Crippen LogP contribution in [0.1, 0.15) is 5.56 Å². The minimum Gasteiger partial charge on any atom is -0.419 e. The lowest BCUT2D eigenvalue weighted by Crippen LogP contribution is -2.09. The van der Waals surface area contributed by atoms with Gasteiger partial charge in [0.25, 0.3) is 0 Å². The van der Waals surface area contributed by atoms with E-state index in [0.717, 1.165) is 10.0 Å². The molecule has 0 bridgehead atoms. The van der Waals surface area contributed by atoms with Crippen LogP contribution in [0.5, 0.6) is 0 Å². The number of rotatable bonds is 7. The van der Waals surface area contributed by atoms with Crippen LogP contribution < -0.4 is 5.32 Å². The van der Waals surface area contributed by atoms with E-state index in [4.69, 9.17) is 4.42 Å². The number of aromatic nitrogens is 1. The van der Waals surface area contributed by atoms with Crippen LogP contribution in [0, 0.1) is 5.82 Å². The predicted octanol–water partition coefficient (Wildman–Crippen LogP) is 5.73. The molecule has 158 valence electrons. The van der Waals surface area contributed by atoms with Crippen molar-refractivity contribution < 1.29 is 17.2 Å². The highest BCUT2D eigenvalue weighted by Gasteiger charge is 2.28. The van der Waals surface area contributed by atoms with E-state index < -0.39 is 15.7 Å². The molecule has 0 amide bonds. The molecule has 0 fully saturated rings. The summed E-state index contributed by atoms with van der Waals surface area (Å²) in [5.41, 5.74) is 1.58. The maximum atomic E-state index is 13.3. The van der Waals surface area contributed by atoms with Gasteiger partial charge in [-0.25, -0.2) is 12.8 Å². The number of hydrogen-bond donors (Lipinski definition) is 1. The maximum absolute atomic E-state index is 13.3. The van der Waals surface area contributed by atoms with Crippen molar-refractivity contribution in [1.82, 2.24) is 4.98 Å². The van der Waals surface area contributed by atoms with Crippen LogP contribution in [0.15, 0.2) is 97.7 Å². The smallest absolute Gasteiger partial charge is 0.233 e. The van der Waals surface area contributed by atoms with E-state index in [1.807, 2.05) is 30.3 Å². The fourth-order valence-corrected chi connectivity index (χ4v) is 4.55. The van der Waals surface area contributed by atoms with Crippen molar-refractivity contribution in [3.63, 3.8) is 0 Å². The Kier molecular flexibility index (Phi) is 6.20. The summed E-state index contributed by atoms with van der Waals surface area (Å²) >= 11 is 3.31. The summed E-state index contributed by atoms with van der Waals surface area (Å²) in [6.07, 6.45) is 0.672. The molecule has 4 rings (SSSR count). The molecule has 31 heavy (non-hydrogen) atoms. The van der Waals surface area contributed by atoms with Crippen LogP contribution in [0.3, 0.4) is 0 Å². The van der Waals surface area contributed by atoms with Gasteiger partial charge in [-0.05, 0) is 60.5 Å². The van der Waals surface area contributed by atoms with E-state index in [9.17, 15) is 12.8 Å². The number of anilines is 1. The predicted molar refractivity (Wildman–Crippen MR) is 120 cm³/mol. The average molecular weight is 501 g/mol. The zero-order valence-electron chi connectivity index (χ0n) is 16.3. The fraction of sp³-hybridized carbons (Fsp3) is 0.0870. The Hall–Kier alpha value is -2.97. The second kappa shape index (κ2) is 9.03. The number of halogens is 2. The van der Waals surface area contributed by atoms with Crippen molar-refractivity contribution in [3.05, 3.63) is 94.7 Å². The van der Waals surface area contributed by atoms with Crippen molar-refractivity contribution in [3.8, 4) is 11.5 Å². The quantitative estimate of drug-likeness (QED) is 0.350. The third-order valence-electron chi connectivity index (χ3n) is 4.61. The number of hydrogen-bond acceptors (Lipinski definition) is 5. The summed E-state index contributed by atoms with van der Waals surface area (Å²) in [6.45, 7) is 0.449. The molecule has 3 aromatic carbocycles. The summed E-state index contributed by atoms with van der Waals surface area (Å²) in [5.74, 6) is -0.254. The normalized spacial score (nSPS) is 11.4. The van der Waals surface area contributed by atoms with Gasteiger partial charge in [-0.1, -0.05) is 46.3 Å². The summed E-state index contributed by atoms with van der Waals surface area (Å²) in [5, 5.41) is 2.85. The largest absolute Gasteiger partial charge is 0.419 e. The standard InChI is InChI=1S/C23H18BrFN2O3S/c24-18-8-12-20(13-9-18)31(28,29)23-22(26-15-14-16-4-2-1-3-5-16)30-21(27-23)17-6-10-19(25)11-7-17/h1-13,26H,14-15H2. The third-order valence-corrected chi connectivity index (χ3v) is 6.81. The van der Waals surface area contributed by atoms with Gasteiger partial charge in [0.1, 0.15) is 5.82 Å². The van der Waals surface area contributed by atoms with Crippen LogP contribution in [0.25, 0.3) is 11.5 Å². The molecule has 1 aromatic heterocycles. The number of sulfone groups is 1. The lowest BCUT2D eigenvalue weighted by molar-refractivity contribution is 0.576. The molecule has 0 aliphatic heterocycles. The second-order valence-electron chi connectivity index (χ2n) is 6.78. The summed E-state index contributed by atoms with van der Waals surface area (Å²) in [6, 6.07) is 21.6. The average Bonchev–Trinajstić information content (AvgIpc) is 3.20. The summed E-state index contributed by atoms with van der Waals surface area (Å²) in [7, 11) is -3.94. The van der Waals surface area contributed by atoms with E-state index in [0.29, 0.717) is 18.5 Å². The topological polar surface area (TPSA) is 72.2 Å². The Morgan fingerprint density at radius 2 is 1.61 bits per heavy atom. The Balaban J connectivity index is 1.69.